The van der Waals surface area contributed by atoms with Gasteiger partial charge in [-0.2, -0.15) is 0 Å². The molecule has 1 atom stereocenters. The van der Waals surface area contributed by atoms with Crippen molar-refractivity contribution < 1.29 is 15.0 Å². The van der Waals surface area contributed by atoms with Crippen molar-refractivity contribution in [1.29, 1.82) is 0 Å². The summed E-state index contributed by atoms with van der Waals surface area (Å²) in [6.45, 7) is 4.20. The van der Waals surface area contributed by atoms with Crippen molar-refractivity contribution in [1.82, 2.24) is 5.32 Å². The zero-order valence-corrected chi connectivity index (χ0v) is 11.6. The molecule has 0 aliphatic carbocycles. The number of amides is 1. The summed E-state index contributed by atoms with van der Waals surface area (Å²) in [5.74, 6) is -0.465. The van der Waals surface area contributed by atoms with Crippen LogP contribution in [0.4, 0.5) is 0 Å². The largest absolute Gasteiger partial charge is 0.508 e. The molecule has 1 amide bonds. The molecule has 0 saturated carbocycles. The van der Waals surface area contributed by atoms with Crippen LogP contribution in [0, 0.1) is 0 Å². The van der Waals surface area contributed by atoms with Crippen molar-refractivity contribution in [3.05, 3.63) is 23.8 Å². The molecule has 0 radical (unpaired) electrons. The van der Waals surface area contributed by atoms with Crippen LogP contribution in [0.15, 0.2) is 18.2 Å². The van der Waals surface area contributed by atoms with E-state index in [4.69, 9.17) is 0 Å². The molecule has 106 valence electrons. The second kappa shape index (κ2) is 7.67. The summed E-state index contributed by atoms with van der Waals surface area (Å²) in [4.78, 5) is 12.1. The Balaban J connectivity index is 2.72. The van der Waals surface area contributed by atoms with E-state index in [1.807, 2.05) is 0 Å². The lowest BCUT2D eigenvalue weighted by Gasteiger charge is -2.18. The van der Waals surface area contributed by atoms with Gasteiger partial charge >= 0.3 is 0 Å². The van der Waals surface area contributed by atoms with Gasteiger partial charge in [0.2, 0.25) is 0 Å². The van der Waals surface area contributed by atoms with E-state index < -0.39 is 0 Å². The quantitative estimate of drug-likeness (QED) is 0.663. The van der Waals surface area contributed by atoms with E-state index in [1.165, 1.54) is 18.2 Å². The maximum Gasteiger partial charge on any atom is 0.255 e. The number of aromatic hydroxyl groups is 2. The molecule has 0 heterocycles. The molecule has 1 aromatic carbocycles. The normalized spacial score (nSPS) is 12.1. The number of hydrogen-bond donors (Lipinski definition) is 3. The van der Waals surface area contributed by atoms with Crippen LogP contribution < -0.4 is 5.32 Å². The number of unbranched alkanes of at least 4 members (excludes halogenated alkanes) is 1. The maximum atomic E-state index is 12.1. The van der Waals surface area contributed by atoms with Crippen LogP contribution >= 0.6 is 0 Å². The van der Waals surface area contributed by atoms with Crippen LogP contribution in [0.3, 0.4) is 0 Å². The van der Waals surface area contributed by atoms with Crippen LogP contribution in [0.1, 0.15) is 56.3 Å². The highest BCUT2D eigenvalue weighted by Gasteiger charge is 2.16. The first-order valence-corrected chi connectivity index (χ1v) is 6.91. The van der Waals surface area contributed by atoms with Crippen molar-refractivity contribution in [2.24, 2.45) is 0 Å². The van der Waals surface area contributed by atoms with Gasteiger partial charge in [0, 0.05) is 6.04 Å². The third kappa shape index (κ3) is 4.81. The number of phenols is 2. The molecule has 1 unspecified atom stereocenters. The molecule has 1 rings (SSSR count). The smallest absolute Gasteiger partial charge is 0.255 e. The molecule has 0 aliphatic heterocycles. The van der Waals surface area contributed by atoms with E-state index in [0.29, 0.717) is 0 Å². The predicted molar refractivity (Wildman–Crippen MR) is 75.5 cm³/mol. The summed E-state index contributed by atoms with van der Waals surface area (Å²) < 4.78 is 0. The molecule has 0 saturated heterocycles. The zero-order chi connectivity index (χ0) is 14.3. The van der Waals surface area contributed by atoms with Crippen molar-refractivity contribution in [2.75, 3.05) is 0 Å². The van der Waals surface area contributed by atoms with Crippen molar-refractivity contribution in [3.63, 3.8) is 0 Å². The third-order valence-electron chi connectivity index (χ3n) is 3.10. The molecular weight excluding hydrogens is 242 g/mol. The average Bonchev–Trinajstić information content (AvgIpc) is 2.39. The van der Waals surface area contributed by atoms with Gasteiger partial charge in [-0.05, 0) is 31.0 Å². The lowest BCUT2D eigenvalue weighted by Crippen LogP contribution is -2.34. The summed E-state index contributed by atoms with van der Waals surface area (Å²) in [5.41, 5.74) is 0.123. The second-order valence-corrected chi connectivity index (χ2v) is 4.80. The number of rotatable bonds is 7. The van der Waals surface area contributed by atoms with Gasteiger partial charge in [-0.25, -0.2) is 0 Å². The van der Waals surface area contributed by atoms with Gasteiger partial charge in [0.25, 0.3) is 5.91 Å². The SMILES string of the molecule is CCCCC(CCC)NC(=O)c1cc(O)ccc1O. The van der Waals surface area contributed by atoms with Crippen LogP contribution in [0.5, 0.6) is 11.5 Å². The Morgan fingerprint density at radius 3 is 2.58 bits per heavy atom. The maximum absolute atomic E-state index is 12.1. The zero-order valence-electron chi connectivity index (χ0n) is 11.6. The Bertz CT molecular complexity index is 418. The first-order chi connectivity index (χ1) is 9.08. The molecule has 0 aromatic heterocycles. The van der Waals surface area contributed by atoms with Gasteiger partial charge in [0.05, 0.1) is 5.56 Å². The number of phenolic OH excluding ortho intramolecular Hbond substituents is 2. The monoisotopic (exact) mass is 265 g/mol. The summed E-state index contributed by atoms with van der Waals surface area (Å²) in [7, 11) is 0. The Kier molecular flexibility index (Phi) is 6.19. The van der Waals surface area contributed by atoms with Gasteiger partial charge < -0.3 is 15.5 Å². The van der Waals surface area contributed by atoms with Crippen LogP contribution in [0.2, 0.25) is 0 Å². The molecule has 19 heavy (non-hydrogen) atoms. The van der Waals surface area contributed by atoms with Gasteiger partial charge in [-0.3, -0.25) is 4.79 Å². The highest BCUT2D eigenvalue weighted by Crippen LogP contribution is 2.22. The van der Waals surface area contributed by atoms with Gasteiger partial charge in [-0.15, -0.1) is 0 Å². The minimum Gasteiger partial charge on any atom is -0.508 e. The minimum absolute atomic E-state index is 0.0245. The fraction of sp³-hybridized carbons (Fsp3) is 0.533. The average molecular weight is 265 g/mol. The molecule has 1 aromatic rings. The Morgan fingerprint density at radius 1 is 1.21 bits per heavy atom. The van der Waals surface area contributed by atoms with Crippen LogP contribution in [-0.2, 0) is 0 Å². The van der Waals surface area contributed by atoms with E-state index >= 15 is 0 Å². The van der Waals surface area contributed by atoms with Gasteiger partial charge in [-0.1, -0.05) is 33.1 Å². The molecule has 0 fully saturated rings. The molecule has 4 heteroatoms. The topological polar surface area (TPSA) is 69.6 Å². The highest BCUT2D eigenvalue weighted by molar-refractivity contribution is 5.97. The second-order valence-electron chi connectivity index (χ2n) is 4.80. The summed E-state index contributed by atoms with van der Waals surface area (Å²) in [6, 6.07) is 4.09. The predicted octanol–water partition coefficient (Wildman–Crippen LogP) is 3.19. The number of carbonyl (C=O) groups is 1. The number of benzene rings is 1. The Labute approximate surface area is 114 Å². The number of hydrogen-bond acceptors (Lipinski definition) is 3. The van der Waals surface area contributed by atoms with E-state index in [2.05, 4.69) is 19.2 Å². The molecule has 0 spiro atoms. The highest BCUT2D eigenvalue weighted by atomic mass is 16.3. The van der Waals surface area contributed by atoms with E-state index in [9.17, 15) is 15.0 Å². The first-order valence-electron chi connectivity index (χ1n) is 6.91. The molecule has 4 nitrogen and oxygen atoms in total. The lowest BCUT2D eigenvalue weighted by atomic mass is 10.0. The van der Waals surface area contributed by atoms with Crippen LogP contribution in [-0.4, -0.2) is 22.2 Å². The van der Waals surface area contributed by atoms with Gasteiger partial charge in [0.1, 0.15) is 11.5 Å². The number of nitrogens with one attached hydrogen (secondary N) is 1. The Hall–Kier alpha value is -1.71. The lowest BCUT2D eigenvalue weighted by molar-refractivity contribution is 0.0929. The van der Waals surface area contributed by atoms with Crippen molar-refractivity contribution >= 4 is 5.91 Å². The fourth-order valence-electron chi connectivity index (χ4n) is 2.06. The standard InChI is InChI=1S/C15H23NO3/c1-3-5-7-11(6-4-2)16-15(19)13-10-12(17)8-9-14(13)18/h8-11,17-18H,3-7H2,1-2H3,(H,16,19). The third-order valence-corrected chi connectivity index (χ3v) is 3.10. The van der Waals surface area contributed by atoms with E-state index in [0.717, 1.165) is 32.1 Å². The van der Waals surface area contributed by atoms with Crippen LogP contribution in [0.25, 0.3) is 0 Å². The Morgan fingerprint density at radius 2 is 1.95 bits per heavy atom. The van der Waals surface area contributed by atoms with Crippen molar-refractivity contribution in [2.45, 2.75) is 52.0 Å². The molecular formula is C15H23NO3. The summed E-state index contributed by atoms with van der Waals surface area (Å²) in [5, 5.41) is 22.0. The fourth-order valence-corrected chi connectivity index (χ4v) is 2.06. The summed E-state index contributed by atoms with van der Waals surface area (Å²) >= 11 is 0. The molecule has 0 bridgehead atoms. The first kappa shape index (κ1) is 15.3. The molecule has 0 aliphatic rings. The minimum atomic E-state index is -0.331. The van der Waals surface area contributed by atoms with E-state index in [1.54, 1.807) is 0 Å². The van der Waals surface area contributed by atoms with Gasteiger partial charge in [0.15, 0.2) is 0 Å². The summed E-state index contributed by atoms with van der Waals surface area (Å²) in [6.07, 6.45) is 5.02. The van der Waals surface area contributed by atoms with Crippen molar-refractivity contribution in [3.8, 4) is 11.5 Å². The number of carbonyl (C=O) groups excluding carboxylic acids is 1. The molecule has 3 N–H and O–H groups in total. The van der Waals surface area contributed by atoms with E-state index in [-0.39, 0.29) is 29.0 Å².